The molecule has 0 N–H and O–H groups in total. The molecule has 70 valence electrons. The zero-order valence-corrected chi connectivity index (χ0v) is 7.82. The Hall–Kier alpha value is -0.570. The molecular weight excluding hydrogens is 154 g/mol. The number of carbonyl (C=O) groups excluding carboxylic acids is 1. The van der Waals surface area contributed by atoms with Gasteiger partial charge in [-0.3, -0.25) is 4.79 Å². The van der Waals surface area contributed by atoms with Crippen molar-refractivity contribution in [1.82, 2.24) is 4.90 Å². The molecule has 0 spiro atoms. The monoisotopic (exact) mass is 171 g/mol. The second kappa shape index (κ2) is 4.45. The van der Waals surface area contributed by atoms with Crippen LogP contribution in [0.5, 0.6) is 0 Å². The third-order valence-corrected chi connectivity index (χ3v) is 2.15. The Bertz CT molecular complexity index is 147. The van der Waals surface area contributed by atoms with E-state index in [1.54, 1.807) is 0 Å². The van der Waals surface area contributed by atoms with Gasteiger partial charge in [0.05, 0.1) is 19.3 Å². The first-order valence-electron chi connectivity index (χ1n) is 4.53. The lowest BCUT2D eigenvalue weighted by Gasteiger charge is -2.33. The number of ether oxygens (including phenoxy) is 1. The average molecular weight is 171 g/mol. The lowest BCUT2D eigenvalue weighted by molar-refractivity contribution is -0.126. The molecule has 0 aromatic rings. The van der Waals surface area contributed by atoms with E-state index >= 15 is 0 Å². The third-order valence-electron chi connectivity index (χ3n) is 2.15. The summed E-state index contributed by atoms with van der Waals surface area (Å²) in [6, 6.07) is 0.302. The van der Waals surface area contributed by atoms with Gasteiger partial charge in [0.1, 0.15) is 0 Å². The molecule has 1 rings (SSSR count). The first kappa shape index (κ1) is 9.52. The van der Waals surface area contributed by atoms with Crippen LogP contribution in [0.15, 0.2) is 0 Å². The fourth-order valence-corrected chi connectivity index (χ4v) is 1.55. The molecule has 0 aromatic carbocycles. The molecule has 1 unspecified atom stereocenters. The summed E-state index contributed by atoms with van der Waals surface area (Å²) >= 11 is 0. The molecule has 1 amide bonds. The normalized spacial score (nSPS) is 24.6. The molecule has 1 saturated heterocycles. The standard InChI is InChI=1S/C9H17NO2/c1-8(2)5-9-6-12-4-3-10(9)7-11/h7-9H,3-6H2,1-2H3. The fourth-order valence-electron chi connectivity index (χ4n) is 1.55. The summed E-state index contributed by atoms with van der Waals surface area (Å²) in [5, 5.41) is 0. The van der Waals surface area contributed by atoms with E-state index in [2.05, 4.69) is 13.8 Å². The van der Waals surface area contributed by atoms with Crippen molar-refractivity contribution in [2.24, 2.45) is 5.92 Å². The maximum atomic E-state index is 10.6. The SMILES string of the molecule is CC(C)CC1COCCN1C=O. The van der Waals surface area contributed by atoms with Crippen LogP contribution in [0.25, 0.3) is 0 Å². The fraction of sp³-hybridized carbons (Fsp3) is 0.889. The van der Waals surface area contributed by atoms with E-state index < -0.39 is 0 Å². The number of nitrogens with zero attached hydrogens (tertiary/aromatic N) is 1. The van der Waals surface area contributed by atoms with Crippen molar-refractivity contribution < 1.29 is 9.53 Å². The largest absolute Gasteiger partial charge is 0.377 e. The summed E-state index contributed by atoms with van der Waals surface area (Å²) in [5.41, 5.74) is 0. The van der Waals surface area contributed by atoms with Gasteiger partial charge in [-0.2, -0.15) is 0 Å². The smallest absolute Gasteiger partial charge is 0.210 e. The Kier molecular flexibility index (Phi) is 3.53. The lowest BCUT2D eigenvalue weighted by Crippen LogP contribution is -2.45. The van der Waals surface area contributed by atoms with Crippen LogP contribution in [0.1, 0.15) is 20.3 Å². The van der Waals surface area contributed by atoms with E-state index in [9.17, 15) is 4.79 Å². The minimum absolute atomic E-state index is 0.302. The van der Waals surface area contributed by atoms with E-state index in [0.717, 1.165) is 19.4 Å². The van der Waals surface area contributed by atoms with Crippen LogP contribution in [-0.4, -0.2) is 37.1 Å². The second-order valence-electron chi connectivity index (χ2n) is 3.70. The van der Waals surface area contributed by atoms with E-state index in [4.69, 9.17) is 4.74 Å². The van der Waals surface area contributed by atoms with E-state index in [1.165, 1.54) is 0 Å². The number of hydrogen-bond acceptors (Lipinski definition) is 2. The van der Waals surface area contributed by atoms with E-state index in [0.29, 0.717) is 25.2 Å². The Balaban J connectivity index is 2.41. The van der Waals surface area contributed by atoms with Crippen LogP contribution in [0.3, 0.4) is 0 Å². The van der Waals surface area contributed by atoms with Crippen molar-refractivity contribution in [3.8, 4) is 0 Å². The number of rotatable bonds is 3. The van der Waals surface area contributed by atoms with Gasteiger partial charge in [-0.25, -0.2) is 0 Å². The molecule has 1 heterocycles. The molecule has 1 aliphatic rings. The number of carbonyl (C=O) groups is 1. The maximum absolute atomic E-state index is 10.6. The molecule has 1 atom stereocenters. The Morgan fingerprint density at radius 3 is 3.00 bits per heavy atom. The zero-order chi connectivity index (χ0) is 8.97. The highest BCUT2D eigenvalue weighted by Crippen LogP contribution is 2.13. The van der Waals surface area contributed by atoms with Crippen molar-refractivity contribution in [3.63, 3.8) is 0 Å². The van der Waals surface area contributed by atoms with Gasteiger partial charge in [0, 0.05) is 6.54 Å². The van der Waals surface area contributed by atoms with Gasteiger partial charge in [0.15, 0.2) is 0 Å². The molecule has 0 saturated carbocycles. The molecule has 1 aliphatic heterocycles. The van der Waals surface area contributed by atoms with Crippen LogP contribution in [0.4, 0.5) is 0 Å². The highest BCUT2D eigenvalue weighted by molar-refractivity contribution is 5.47. The zero-order valence-electron chi connectivity index (χ0n) is 7.82. The summed E-state index contributed by atoms with van der Waals surface area (Å²) in [6.07, 6.45) is 1.98. The van der Waals surface area contributed by atoms with Crippen molar-refractivity contribution >= 4 is 6.41 Å². The molecule has 0 radical (unpaired) electrons. The van der Waals surface area contributed by atoms with Crippen molar-refractivity contribution in [2.75, 3.05) is 19.8 Å². The van der Waals surface area contributed by atoms with Crippen molar-refractivity contribution in [3.05, 3.63) is 0 Å². The topological polar surface area (TPSA) is 29.5 Å². The maximum Gasteiger partial charge on any atom is 0.210 e. The highest BCUT2D eigenvalue weighted by atomic mass is 16.5. The van der Waals surface area contributed by atoms with Crippen molar-refractivity contribution in [2.45, 2.75) is 26.3 Å². The van der Waals surface area contributed by atoms with Gasteiger partial charge in [0.2, 0.25) is 6.41 Å². The molecule has 0 aliphatic carbocycles. The first-order valence-corrected chi connectivity index (χ1v) is 4.53. The van der Waals surface area contributed by atoms with Gasteiger partial charge in [-0.15, -0.1) is 0 Å². The van der Waals surface area contributed by atoms with Gasteiger partial charge in [-0.05, 0) is 12.3 Å². The summed E-state index contributed by atoms with van der Waals surface area (Å²) in [6.45, 7) is 6.47. The number of morpholine rings is 1. The van der Waals surface area contributed by atoms with Gasteiger partial charge in [-0.1, -0.05) is 13.8 Å². The van der Waals surface area contributed by atoms with Crippen molar-refractivity contribution in [1.29, 1.82) is 0 Å². The Morgan fingerprint density at radius 2 is 2.42 bits per heavy atom. The van der Waals surface area contributed by atoms with Gasteiger partial charge >= 0.3 is 0 Å². The molecule has 0 bridgehead atoms. The summed E-state index contributed by atoms with van der Waals surface area (Å²) in [4.78, 5) is 12.5. The Morgan fingerprint density at radius 1 is 1.67 bits per heavy atom. The predicted octanol–water partition coefficient (Wildman–Crippen LogP) is 0.890. The van der Waals surface area contributed by atoms with Crippen LogP contribution >= 0.6 is 0 Å². The minimum Gasteiger partial charge on any atom is -0.377 e. The van der Waals surface area contributed by atoms with Crippen LogP contribution in [-0.2, 0) is 9.53 Å². The average Bonchev–Trinajstić information content (AvgIpc) is 2.04. The minimum atomic E-state index is 0.302. The van der Waals surface area contributed by atoms with Crippen LogP contribution in [0.2, 0.25) is 0 Å². The summed E-state index contributed by atoms with van der Waals surface area (Å²) in [7, 11) is 0. The molecule has 1 fully saturated rings. The highest BCUT2D eigenvalue weighted by Gasteiger charge is 2.21. The summed E-state index contributed by atoms with van der Waals surface area (Å²) < 4.78 is 5.31. The summed E-state index contributed by atoms with van der Waals surface area (Å²) in [5.74, 6) is 0.624. The molecule has 3 nitrogen and oxygen atoms in total. The molecular formula is C9H17NO2. The van der Waals surface area contributed by atoms with Gasteiger partial charge in [0.25, 0.3) is 0 Å². The predicted molar refractivity (Wildman–Crippen MR) is 46.8 cm³/mol. The number of amides is 1. The van der Waals surface area contributed by atoms with E-state index in [1.807, 2.05) is 4.90 Å². The second-order valence-corrected chi connectivity index (χ2v) is 3.70. The van der Waals surface area contributed by atoms with Gasteiger partial charge < -0.3 is 9.64 Å². The first-order chi connectivity index (χ1) is 5.74. The quantitative estimate of drug-likeness (QED) is 0.590. The van der Waals surface area contributed by atoms with Crippen LogP contribution in [0, 0.1) is 5.92 Å². The molecule has 3 heteroatoms. The molecule has 12 heavy (non-hydrogen) atoms. The molecule has 0 aromatic heterocycles. The lowest BCUT2D eigenvalue weighted by atomic mass is 10.0. The van der Waals surface area contributed by atoms with Crippen LogP contribution < -0.4 is 0 Å². The number of hydrogen-bond donors (Lipinski definition) is 0. The van der Waals surface area contributed by atoms with E-state index in [-0.39, 0.29) is 0 Å². The Labute approximate surface area is 73.7 Å². The third kappa shape index (κ3) is 2.48.